The van der Waals surface area contributed by atoms with Gasteiger partial charge in [-0.2, -0.15) is 5.26 Å². The van der Waals surface area contributed by atoms with Gasteiger partial charge in [-0.05, 0) is 32.1 Å². The SMILES string of the molecule is CCCCCC(C)NC(=O)C1(C#N)CC(C)C1. The molecule has 1 saturated carbocycles. The van der Waals surface area contributed by atoms with Crippen LogP contribution in [0.15, 0.2) is 0 Å². The first-order valence-corrected chi connectivity index (χ1v) is 6.76. The summed E-state index contributed by atoms with van der Waals surface area (Å²) in [6, 6.07) is 2.40. The van der Waals surface area contributed by atoms with Gasteiger partial charge in [0.1, 0.15) is 5.41 Å². The Morgan fingerprint density at radius 2 is 2.18 bits per heavy atom. The fourth-order valence-corrected chi connectivity index (χ4v) is 2.59. The van der Waals surface area contributed by atoms with E-state index in [9.17, 15) is 4.79 Å². The second-order valence-corrected chi connectivity index (χ2v) is 5.58. The maximum absolute atomic E-state index is 12.0. The van der Waals surface area contributed by atoms with Crippen molar-refractivity contribution in [2.24, 2.45) is 11.3 Å². The predicted molar refractivity (Wildman–Crippen MR) is 68.2 cm³/mol. The van der Waals surface area contributed by atoms with Crippen molar-refractivity contribution in [3.63, 3.8) is 0 Å². The van der Waals surface area contributed by atoms with Crippen LogP contribution in [-0.2, 0) is 4.79 Å². The van der Waals surface area contributed by atoms with Crippen molar-refractivity contribution in [1.29, 1.82) is 5.26 Å². The number of nitrogens with zero attached hydrogens (tertiary/aromatic N) is 1. The van der Waals surface area contributed by atoms with E-state index in [-0.39, 0.29) is 11.9 Å². The number of unbranched alkanes of at least 4 members (excludes halogenated alkanes) is 2. The van der Waals surface area contributed by atoms with Crippen LogP contribution in [0.2, 0.25) is 0 Å². The Morgan fingerprint density at radius 3 is 2.65 bits per heavy atom. The zero-order chi connectivity index (χ0) is 12.9. The van der Waals surface area contributed by atoms with Gasteiger partial charge in [0.2, 0.25) is 5.91 Å². The third-order valence-electron chi connectivity index (χ3n) is 3.66. The van der Waals surface area contributed by atoms with Gasteiger partial charge in [-0.15, -0.1) is 0 Å². The van der Waals surface area contributed by atoms with E-state index >= 15 is 0 Å². The molecule has 0 heterocycles. The molecule has 0 aliphatic heterocycles. The zero-order valence-electron chi connectivity index (χ0n) is 11.3. The van der Waals surface area contributed by atoms with Gasteiger partial charge in [0.25, 0.3) is 0 Å². The third-order valence-corrected chi connectivity index (χ3v) is 3.66. The van der Waals surface area contributed by atoms with Crippen LogP contribution < -0.4 is 5.32 Å². The molecule has 3 heteroatoms. The molecule has 1 aliphatic rings. The van der Waals surface area contributed by atoms with Gasteiger partial charge in [-0.1, -0.05) is 33.1 Å². The van der Waals surface area contributed by atoms with Crippen LogP contribution in [0, 0.1) is 22.7 Å². The van der Waals surface area contributed by atoms with E-state index in [0.29, 0.717) is 5.92 Å². The minimum absolute atomic E-state index is 0.0536. The smallest absolute Gasteiger partial charge is 0.240 e. The molecular weight excluding hydrogens is 212 g/mol. The summed E-state index contributed by atoms with van der Waals surface area (Å²) in [5.41, 5.74) is -0.724. The molecule has 1 N–H and O–H groups in total. The highest BCUT2D eigenvalue weighted by atomic mass is 16.2. The fourth-order valence-electron chi connectivity index (χ4n) is 2.59. The van der Waals surface area contributed by atoms with Crippen molar-refractivity contribution in [1.82, 2.24) is 5.32 Å². The normalized spacial score (nSPS) is 28.9. The molecule has 0 aromatic rings. The molecule has 96 valence electrons. The van der Waals surface area contributed by atoms with E-state index in [2.05, 4.69) is 25.2 Å². The van der Waals surface area contributed by atoms with Crippen molar-refractivity contribution in [2.45, 2.75) is 65.3 Å². The molecule has 0 saturated heterocycles. The number of hydrogen-bond acceptors (Lipinski definition) is 2. The minimum atomic E-state index is -0.724. The highest BCUT2D eigenvalue weighted by Gasteiger charge is 2.49. The third kappa shape index (κ3) is 3.46. The number of carbonyl (C=O) groups excluding carboxylic acids is 1. The molecule has 0 aromatic carbocycles. The highest BCUT2D eigenvalue weighted by Crippen LogP contribution is 2.45. The van der Waals surface area contributed by atoms with Crippen molar-refractivity contribution >= 4 is 5.91 Å². The molecule has 1 rings (SSSR count). The lowest BCUT2D eigenvalue weighted by Gasteiger charge is -2.39. The average molecular weight is 236 g/mol. The number of hydrogen-bond donors (Lipinski definition) is 1. The number of nitriles is 1. The standard InChI is InChI=1S/C14H24N2O/c1-4-5-6-7-12(3)16-13(17)14(10-15)8-11(2)9-14/h11-12H,4-9H2,1-3H3,(H,16,17). The molecule has 0 bridgehead atoms. The number of carbonyl (C=O) groups is 1. The second-order valence-electron chi connectivity index (χ2n) is 5.58. The maximum Gasteiger partial charge on any atom is 0.240 e. The zero-order valence-corrected chi connectivity index (χ0v) is 11.3. The van der Waals surface area contributed by atoms with E-state index in [4.69, 9.17) is 5.26 Å². The average Bonchev–Trinajstić information content (AvgIpc) is 2.24. The monoisotopic (exact) mass is 236 g/mol. The maximum atomic E-state index is 12.0. The van der Waals surface area contributed by atoms with Crippen molar-refractivity contribution in [2.75, 3.05) is 0 Å². The summed E-state index contributed by atoms with van der Waals surface area (Å²) in [6.07, 6.45) is 6.00. The summed E-state index contributed by atoms with van der Waals surface area (Å²) in [4.78, 5) is 12.0. The summed E-state index contributed by atoms with van der Waals surface area (Å²) in [6.45, 7) is 6.29. The Bertz CT molecular complexity index is 300. The summed E-state index contributed by atoms with van der Waals surface area (Å²) >= 11 is 0. The van der Waals surface area contributed by atoms with E-state index in [0.717, 1.165) is 25.7 Å². The Kier molecular flexibility index (Phi) is 4.99. The van der Waals surface area contributed by atoms with Gasteiger partial charge in [0.15, 0.2) is 0 Å². The number of amides is 1. The molecule has 0 aromatic heterocycles. The lowest BCUT2D eigenvalue weighted by Crippen LogP contribution is -2.50. The van der Waals surface area contributed by atoms with Gasteiger partial charge in [-0.3, -0.25) is 4.79 Å². The van der Waals surface area contributed by atoms with Gasteiger partial charge in [0.05, 0.1) is 6.07 Å². The molecule has 3 nitrogen and oxygen atoms in total. The molecule has 0 radical (unpaired) electrons. The highest BCUT2D eigenvalue weighted by molar-refractivity contribution is 5.86. The van der Waals surface area contributed by atoms with Crippen LogP contribution >= 0.6 is 0 Å². The quantitative estimate of drug-likeness (QED) is 0.721. The summed E-state index contributed by atoms with van der Waals surface area (Å²) in [7, 11) is 0. The summed E-state index contributed by atoms with van der Waals surface area (Å²) in [5.74, 6) is 0.456. The van der Waals surface area contributed by atoms with Crippen LogP contribution in [0.4, 0.5) is 0 Å². The Labute approximate surface area is 105 Å². The Morgan fingerprint density at radius 1 is 1.53 bits per heavy atom. The van der Waals surface area contributed by atoms with E-state index < -0.39 is 5.41 Å². The van der Waals surface area contributed by atoms with Crippen molar-refractivity contribution < 1.29 is 4.79 Å². The largest absolute Gasteiger partial charge is 0.352 e. The fraction of sp³-hybridized carbons (Fsp3) is 0.857. The first-order valence-electron chi connectivity index (χ1n) is 6.76. The van der Waals surface area contributed by atoms with Crippen LogP contribution in [-0.4, -0.2) is 11.9 Å². The van der Waals surface area contributed by atoms with Gasteiger partial charge >= 0.3 is 0 Å². The number of rotatable bonds is 6. The molecule has 1 aliphatic carbocycles. The molecule has 1 amide bonds. The lowest BCUT2D eigenvalue weighted by atomic mass is 9.63. The second kappa shape index (κ2) is 6.05. The Balaban J connectivity index is 2.36. The number of nitrogens with one attached hydrogen (secondary N) is 1. The van der Waals surface area contributed by atoms with Gasteiger partial charge in [0, 0.05) is 6.04 Å². The van der Waals surface area contributed by atoms with E-state index in [1.54, 1.807) is 0 Å². The van der Waals surface area contributed by atoms with Crippen LogP contribution in [0.1, 0.15) is 59.3 Å². The molecule has 17 heavy (non-hydrogen) atoms. The summed E-state index contributed by atoms with van der Waals surface area (Å²) in [5, 5.41) is 12.1. The van der Waals surface area contributed by atoms with Crippen LogP contribution in [0.3, 0.4) is 0 Å². The molecular formula is C14H24N2O. The Hall–Kier alpha value is -1.04. The lowest BCUT2D eigenvalue weighted by molar-refractivity contribution is -0.134. The van der Waals surface area contributed by atoms with E-state index in [1.807, 2.05) is 6.92 Å². The topological polar surface area (TPSA) is 52.9 Å². The van der Waals surface area contributed by atoms with Crippen LogP contribution in [0.25, 0.3) is 0 Å². The van der Waals surface area contributed by atoms with Gasteiger partial charge in [-0.25, -0.2) is 0 Å². The van der Waals surface area contributed by atoms with Crippen molar-refractivity contribution in [3.05, 3.63) is 0 Å². The molecule has 1 unspecified atom stereocenters. The van der Waals surface area contributed by atoms with Crippen molar-refractivity contribution in [3.8, 4) is 6.07 Å². The molecule has 0 spiro atoms. The van der Waals surface area contributed by atoms with Gasteiger partial charge < -0.3 is 5.32 Å². The molecule has 1 fully saturated rings. The first kappa shape index (κ1) is 14.0. The predicted octanol–water partition coefficient (Wildman–Crippen LogP) is 3.01. The molecule has 1 atom stereocenters. The van der Waals surface area contributed by atoms with Crippen LogP contribution in [0.5, 0.6) is 0 Å². The van der Waals surface area contributed by atoms with E-state index in [1.165, 1.54) is 12.8 Å². The summed E-state index contributed by atoms with van der Waals surface area (Å²) < 4.78 is 0. The first-order chi connectivity index (χ1) is 8.04. The minimum Gasteiger partial charge on any atom is -0.352 e.